The summed E-state index contributed by atoms with van der Waals surface area (Å²) in [6.07, 6.45) is 1.97. The van der Waals surface area contributed by atoms with Gasteiger partial charge in [0.1, 0.15) is 6.54 Å². The number of aliphatic imine (C=N–C) groups is 1. The van der Waals surface area contributed by atoms with Crippen molar-refractivity contribution >= 4 is 17.6 Å². The first kappa shape index (κ1) is 17.0. The Kier molecular flexibility index (Phi) is 7.94. The van der Waals surface area contributed by atoms with Crippen LogP contribution in [0.5, 0.6) is 0 Å². The first-order valence-corrected chi connectivity index (χ1v) is 7.60. The van der Waals surface area contributed by atoms with Crippen LogP contribution in [0.25, 0.3) is 0 Å². The smallest absolute Gasteiger partial charge is 0.246 e. The van der Waals surface area contributed by atoms with E-state index in [1.165, 1.54) is 5.56 Å². The molecule has 0 aliphatic heterocycles. The first-order valence-electron chi connectivity index (χ1n) is 7.60. The molecule has 0 bridgehead atoms. The molecule has 0 aromatic heterocycles. The largest absolute Gasteiger partial charge is 0.357 e. The van der Waals surface area contributed by atoms with Gasteiger partial charge in [-0.2, -0.15) is 0 Å². The molecule has 0 saturated carbocycles. The van der Waals surface area contributed by atoms with Crippen LogP contribution in [0, 0.1) is 0 Å². The molecule has 0 fully saturated rings. The Hall–Kier alpha value is -2.04. The van der Waals surface area contributed by atoms with Crippen LogP contribution in [0.1, 0.15) is 32.8 Å². The fourth-order valence-electron chi connectivity index (χ4n) is 1.81. The maximum absolute atomic E-state index is 11.9. The van der Waals surface area contributed by atoms with E-state index in [2.05, 4.69) is 34.8 Å². The molecule has 0 unspecified atom stereocenters. The van der Waals surface area contributed by atoms with Gasteiger partial charge in [-0.25, -0.2) is 4.99 Å². The molecular formula is C16H26N4O. The third kappa shape index (κ3) is 6.79. The van der Waals surface area contributed by atoms with E-state index >= 15 is 0 Å². The minimum Gasteiger partial charge on any atom is -0.357 e. The summed E-state index contributed by atoms with van der Waals surface area (Å²) < 4.78 is 0. The summed E-state index contributed by atoms with van der Waals surface area (Å²) in [5.74, 6) is 0.564. The number of aryl methyl sites for hydroxylation is 1. The van der Waals surface area contributed by atoms with Gasteiger partial charge in [0.05, 0.1) is 0 Å². The van der Waals surface area contributed by atoms with Gasteiger partial charge in [-0.15, -0.1) is 0 Å². The normalized spacial score (nSPS) is 11.1. The Morgan fingerprint density at radius 1 is 1.19 bits per heavy atom. The monoisotopic (exact) mass is 290 g/mol. The molecule has 0 heterocycles. The number of hydrogen-bond donors (Lipinski definition) is 3. The van der Waals surface area contributed by atoms with Gasteiger partial charge in [0.2, 0.25) is 5.91 Å². The van der Waals surface area contributed by atoms with Crippen LogP contribution in [0.4, 0.5) is 5.69 Å². The number of carbonyl (C=O) groups excluding carboxylic acids is 1. The Balaban J connectivity index is 2.54. The van der Waals surface area contributed by atoms with E-state index in [0.29, 0.717) is 5.96 Å². The zero-order valence-corrected chi connectivity index (χ0v) is 13.2. The van der Waals surface area contributed by atoms with Crippen molar-refractivity contribution in [1.82, 2.24) is 10.6 Å². The van der Waals surface area contributed by atoms with Gasteiger partial charge < -0.3 is 16.0 Å². The second kappa shape index (κ2) is 9.80. The fourth-order valence-corrected chi connectivity index (χ4v) is 1.81. The van der Waals surface area contributed by atoms with Crippen LogP contribution in [0.3, 0.4) is 0 Å². The summed E-state index contributed by atoms with van der Waals surface area (Å²) in [5.41, 5.74) is 2.02. The molecule has 0 atom stereocenters. The van der Waals surface area contributed by atoms with E-state index in [1.54, 1.807) is 0 Å². The topological polar surface area (TPSA) is 65.5 Å². The van der Waals surface area contributed by atoms with Crippen molar-refractivity contribution in [2.24, 2.45) is 4.99 Å². The van der Waals surface area contributed by atoms with Crippen molar-refractivity contribution in [3.05, 3.63) is 29.8 Å². The number of nitrogens with zero attached hydrogens (tertiary/aromatic N) is 1. The predicted octanol–water partition coefficient (Wildman–Crippen LogP) is 2.15. The van der Waals surface area contributed by atoms with E-state index in [0.717, 1.165) is 31.6 Å². The standard InChI is InChI=1S/C16H26N4O/c1-4-10-18-16(17-6-3)19-12-15(21)20-14-9-7-8-13(5-2)11-14/h7-9,11H,4-6,10,12H2,1-3H3,(H,20,21)(H2,17,18,19). The second-order valence-electron chi connectivity index (χ2n) is 4.72. The highest BCUT2D eigenvalue weighted by Gasteiger charge is 2.03. The van der Waals surface area contributed by atoms with Crippen molar-refractivity contribution in [2.75, 3.05) is 25.0 Å². The summed E-state index contributed by atoms with van der Waals surface area (Å²) >= 11 is 0. The van der Waals surface area contributed by atoms with Crippen LogP contribution in [-0.4, -0.2) is 31.5 Å². The molecule has 0 saturated heterocycles. The predicted molar refractivity (Wildman–Crippen MR) is 88.7 cm³/mol. The van der Waals surface area contributed by atoms with Gasteiger partial charge in [0.15, 0.2) is 5.96 Å². The van der Waals surface area contributed by atoms with Gasteiger partial charge in [0.25, 0.3) is 0 Å². The molecule has 0 spiro atoms. The zero-order chi connectivity index (χ0) is 15.5. The van der Waals surface area contributed by atoms with Crippen LogP contribution in [-0.2, 0) is 11.2 Å². The highest BCUT2D eigenvalue weighted by atomic mass is 16.1. The lowest BCUT2D eigenvalue weighted by Crippen LogP contribution is -2.38. The average molecular weight is 290 g/mol. The summed E-state index contributed by atoms with van der Waals surface area (Å²) in [6.45, 7) is 7.90. The Morgan fingerprint density at radius 3 is 2.67 bits per heavy atom. The third-order valence-electron chi connectivity index (χ3n) is 2.89. The third-order valence-corrected chi connectivity index (χ3v) is 2.89. The van der Waals surface area contributed by atoms with Crippen LogP contribution >= 0.6 is 0 Å². The molecule has 21 heavy (non-hydrogen) atoms. The van der Waals surface area contributed by atoms with Gasteiger partial charge in [-0.3, -0.25) is 4.79 Å². The van der Waals surface area contributed by atoms with E-state index in [9.17, 15) is 4.79 Å². The molecule has 5 nitrogen and oxygen atoms in total. The molecular weight excluding hydrogens is 264 g/mol. The molecule has 116 valence electrons. The van der Waals surface area contributed by atoms with Crippen molar-refractivity contribution in [2.45, 2.75) is 33.6 Å². The number of benzene rings is 1. The number of anilines is 1. The summed E-state index contributed by atoms with van der Waals surface area (Å²) in [7, 11) is 0. The Labute approximate surface area is 127 Å². The molecule has 1 aromatic rings. The van der Waals surface area contributed by atoms with E-state index in [-0.39, 0.29) is 12.5 Å². The first-order chi connectivity index (χ1) is 10.2. The van der Waals surface area contributed by atoms with Crippen LogP contribution in [0.2, 0.25) is 0 Å². The molecule has 0 aliphatic carbocycles. The molecule has 1 rings (SSSR count). The van der Waals surface area contributed by atoms with Gasteiger partial charge in [-0.1, -0.05) is 26.0 Å². The van der Waals surface area contributed by atoms with Gasteiger partial charge in [-0.05, 0) is 37.5 Å². The fraction of sp³-hybridized carbons (Fsp3) is 0.500. The number of amides is 1. The molecule has 0 aliphatic rings. The summed E-state index contributed by atoms with van der Waals surface area (Å²) in [6, 6.07) is 7.87. The van der Waals surface area contributed by atoms with Gasteiger partial charge in [0, 0.05) is 18.8 Å². The lowest BCUT2D eigenvalue weighted by Gasteiger charge is -2.10. The van der Waals surface area contributed by atoms with Crippen molar-refractivity contribution in [1.29, 1.82) is 0 Å². The Bertz CT molecular complexity index is 471. The summed E-state index contributed by atoms with van der Waals surface area (Å²) in [4.78, 5) is 16.2. The maximum Gasteiger partial charge on any atom is 0.246 e. The van der Waals surface area contributed by atoms with Crippen LogP contribution in [0.15, 0.2) is 29.3 Å². The van der Waals surface area contributed by atoms with Crippen molar-refractivity contribution < 1.29 is 4.79 Å². The quantitative estimate of drug-likeness (QED) is 0.532. The number of rotatable bonds is 7. The second-order valence-corrected chi connectivity index (χ2v) is 4.72. The molecule has 1 amide bonds. The van der Waals surface area contributed by atoms with E-state index in [4.69, 9.17) is 0 Å². The maximum atomic E-state index is 11.9. The van der Waals surface area contributed by atoms with Crippen molar-refractivity contribution in [3.63, 3.8) is 0 Å². The van der Waals surface area contributed by atoms with Gasteiger partial charge >= 0.3 is 0 Å². The molecule has 3 N–H and O–H groups in total. The number of carbonyl (C=O) groups is 1. The molecule has 0 radical (unpaired) electrons. The average Bonchev–Trinajstić information content (AvgIpc) is 2.50. The van der Waals surface area contributed by atoms with E-state index < -0.39 is 0 Å². The minimum absolute atomic E-state index is 0.107. The van der Waals surface area contributed by atoms with E-state index in [1.807, 2.05) is 31.2 Å². The molecule has 1 aromatic carbocycles. The lowest BCUT2D eigenvalue weighted by molar-refractivity contribution is -0.114. The van der Waals surface area contributed by atoms with Crippen molar-refractivity contribution in [3.8, 4) is 0 Å². The molecule has 5 heteroatoms. The lowest BCUT2D eigenvalue weighted by atomic mass is 10.1. The number of nitrogens with one attached hydrogen (secondary N) is 3. The SMILES string of the molecule is CCCNC(=NCC(=O)Nc1cccc(CC)c1)NCC. The highest BCUT2D eigenvalue weighted by Crippen LogP contribution is 2.10. The number of guanidine groups is 1. The number of hydrogen-bond acceptors (Lipinski definition) is 2. The minimum atomic E-state index is -0.114. The summed E-state index contributed by atoms with van der Waals surface area (Å²) in [5, 5.41) is 9.15. The Morgan fingerprint density at radius 2 is 2.00 bits per heavy atom. The highest BCUT2D eigenvalue weighted by molar-refractivity contribution is 5.94. The van der Waals surface area contributed by atoms with Crippen LogP contribution < -0.4 is 16.0 Å². The zero-order valence-electron chi connectivity index (χ0n) is 13.2.